The highest BCUT2D eigenvalue weighted by Gasteiger charge is 2.40. The summed E-state index contributed by atoms with van der Waals surface area (Å²) in [7, 11) is 0. The van der Waals surface area contributed by atoms with Gasteiger partial charge in [-0.1, -0.05) is 23.9 Å². The van der Waals surface area contributed by atoms with Gasteiger partial charge < -0.3 is 5.32 Å². The lowest BCUT2D eigenvalue weighted by molar-refractivity contribution is 0.0823. The van der Waals surface area contributed by atoms with Crippen LogP contribution in [0.5, 0.6) is 0 Å². The van der Waals surface area contributed by atoms with Gasteiger partial charge in [-0.2, -0.15) is 8.78 Å². The molecule has 1 saturated carbocycles. The second-order valence-corrected chi connectivity index (χ2v) is 6.86. The molecule has 24 heavy (non-hydrogen) atoms. The number of carbonyl (C=O) groups is 1. The Kier molecular flexibility index (Phi) is 4.85. The number of amides is 1. The van der Waals surface area contributed by atoms with Gasteiger partial charge in [0.05, 0.1) is 5.54 Å². The molecule has 0 bridgehead atoms. The van der Waals surface area contributed by atoms with E-state index in [9.17, 15) is 18.0 Å². The first-order valence-corrected chi connectivity index (χ1v) is 8.50. The van der Waals surface area contributed by atoms with E-state index in [0.29, 0.717) is 22.2 Å². The molecular formula is C18H16F3NOS. The van der Waals surface area contributed by atoms with Crippen LogP contribution in [0.3, 0.4) is 0 Å². The number of rotatable bonds is 5. The maximum absolute atomic E-state index is 13.1. The van der Waals surface area contributed by atoms with Crippen molar-refractivity contribution in [3.8, 4) is 0 Å². The summed E-state index contributed by atoms with van der Waals surface area (Å²) in [5.41, 5.74) is 0.830. The first kappa shape index (κ1) is 16.9. The van der Waals surface area contributed by atoms with Gasteiger partial charge in [0.2, 0.25) is 0 Å². The van der Waals surface area contributed by atoms with E-state index in [-0.39, 0.29) is 11.7 Å². The summed E-state index contributed by atoms with van der Waals surface area (Å²) in [6.45, 7) is 0. The van der Waals surface area contributed by atoms with Crippen molar-refractivity contribution in [2.45, 2.75) is 35.5 Å². The van der Waals surface area contributed by atoms with Crippen molar-refractivity contribution in [1.29, 1.82) is 0 Å². The molecule has 3 rings (SSSR count). The molecule has 0 aliphatic heterocycles. The Labute approximate surface area is 142 Å². The minimum atomic E-state index is -2.48. The first-order valence-electron chi connectivity index (χ1n) is 7.62. The Morgan fingerprint density at radius 1 is 1.04 bits per heavy atom. The molecule has 2 aromatic carbocycles. The molecule has 1 aliphatic carbocycles. The average molecular weight is 351 g/mol. The molecule has 1 fully saturated rings. The van der Waals surface area contributed by atoms with E-state index in [1.807, 2.05) is 0 Å². The SMILES string of the molecule is O=C(NC1(c2ccc(F)cc2)CCC1)c1ccc(SC(F)F)cc1. The van der Waals surface area contributed by atoms with Gasteiger partial charge in [0.1, 0.15) is 5.82 Å². The van der Waals surface area contributed by atoms with Crippen LogP contribution in [0.2, 0.25) is 0 Å². The third-order valence-corrected chi connectivity index (χ3v) is 5.02. The van der Waals surface area contributed by atoms with Crippen molar-refractivity contribution in [3.05, 3.63) is 65.5 Å². The number of nitrogens with one attached hydrogen (secondary N) is 1. The lowest BCUT2D eigenvalue weighted by Crippen LogP contribution is -2.50. The van der Waals surface area contributed by atoms with Crippen molar-refractivity contribution < 1.29 is 18.0 Å². The van der Waals surface area contributed by atoms with Gasteiger partial charge in [0.25, 0.3) is 11.7 Å². The molecule has 6 heteroatoms. The molecule has 126 valence electrons. The zero-order valence-electron chi connectivity index (χ0n) is 12.8. The fourth-order valence-electron chi connectivity index (χ4n) is 2.86. The van der Waals surface area contributed by atoms with E-state index < -0.39 is 11.3 Å². The number of hydrogen-bond acceptors (Lipinski definition) is 2. The van der Waals surface area contributed by atoms with Crippen LogP contribution < -0.4 is 5.32 Å². The third kappa shape index (κ3) is 3.59. The molecule has 1 aliphatic rings. The smallest absolute Gasteiger partial charge is 0.288 e. The van der Waals surface area contributed by atoms with Crippen molar-refractivity contribution in [3.63, 3.8) is 0 Å². The summed E-state index contributed by atoms with van der Waals surface area (Å²) in [5, 5.41) is 3.03. The average Bonchev–Trinajstić information content (AvgIpc) is 2.52. The van der Waals surface area contributed by atoms with Crippen LogP contribution in [-0.4, -0.2) is 11.7 Å². The molecule has 0 radical (unpaired) electrons. The van der Waals surface area contributed by atoms with E-state index in [1.165, 1.54) is 36.4 Å². The van der Waals surface area contributed by atoms with Crippen LogP contribution in [0.25, 0.3) is 0 Å². The number of halogens is 3. The lowest BCUT2D eigenvalue weighted by Gasteiger charge is -2.43. The van der Waals surface area contributed by atoms with E-state index in [0.717, 1.165) is 24.8 Å². The normalized spacial score (nSPS) is 15.8. The second-order valence-electron chi connectivity index (χ2n) is 5.80. The molecule has 2 nitrogen and oxygen atoms in total. The van der Waals surface area contributed by atoms with Gasteiger partial charge in [-0.15, -0.1) is 0 Å². The zero-order valence-corrected chi connectivity index (χ0v) is 13.6. The molecular weight excluding hydrogens is 335 g/mol. The summed E-state index contributed by atoms with van der Waals surface area (Å²) in [5.74, 6) is -3.05. The standard InChI is InChI=1S/C18H16F3NOS/c19-14-6-4-13(5-7-14)18(10-1-11-18)22-16(23)12-2-8-15(9-3-12)24-17(20)21/h2-9,17H,1,10-11H2,(H,22,23). The monoisotopic (exact) mass is 351 g/mol. The zero-order chi connectivity index (χ0) is 17.2. The Morgan fingerprint density at radius 2 is 1.67 bits per heavy atom. The van der Waals surface area contributed by atoms with Crippen LogP contribution in [0.4, 0.5) is 13.2 Å². The highest BCUT2D eigenvalue weighted by Crippen LogP contribution is 2.41. The minimum absolute atomic E-state index is 0.257. The van der Waals surface area contributed by atoms with Gasteiger partial charge in [0, 0.05) is 10.5 Å². The maximum Gasteiger partial charge on any atom is 0.288 e. The van der Waals surface area contributed by atoms with Gasteiger partial charge in [-0.25, -0.2) is 4.39 Å². The summed E-state index contributed by atoms with van der Waals surface area (Å²) in [4.78, 5) is 12.9. The number of carbonyl (C=O) groups excluding carboxylic acids is 1. The summed E-state index contributed by atoms with van der Waals surface area (Å²) in [6, 6.07) is 12.3. The molecule has 2 aromatic rings. The van der Waals surface area contributed by atoms with Gasteiger partial charge in [-0.3, -0.25) is 4.79 Å². The van der Waals surface area contributed by atoms with Gasteiger partial charge in [-0.05, 0) is 61.2 Å². The van der Waals surface area contributed by atoms with E-state index in [4.69, 9.17) is 0 Å². The number of thioether (sulfide) groups is 1. The van der Waals surface area contributed by atoms with Crippen molar-refractivity contribution in [2.75, 3.05) is 0 Å². The van der Waals surface area contributed by atoms with E-state index in [2.05, 4.69) is 5.32 Å². The summed E-state index contributed by atoms with van der Waals surface area (Å²) < 4.78 is 37.8. The Hall–Kier alpha value is -1.95. The molecule has 1 amide bonds. The summed E-state index contributed by atoms with van der Waals surface area (Å²) >= 11 is 0.445. The molecule has 1 N–H and O–H groups in total. The minimum Gasteiger partial charge on any atom is -0.343 e. The first-order chi connectivity index (χ1) is 11.5. The predicted molar refractivity (Wildman–Crippen MR) is 87.7 cm³/mol. The van der Waals surface area contributed by atoms with Gasteiger partial charge in [0.15, 0.2) is 0 Å². The largest absolute Gasteiger partial charge is 0.343 e. The second kappa shape index (κ2) is 6.89. The Balaban J connectivity index is 1.74. The van der Waals surface area contributed by atoms with Crippen molar-refractivity contribution >= 4 is 17.7 Å². The number of alkyl halides is 2. The van der Waals surface area contributed by atoms with Gasteiger partial charge >= 0.3 is 0 Å². The topological polar surface area (TPSA) is 29.1 Å². The third-order valence-electron chi connectivity index (χ3n) is 4.30. The van der Waals surface area contributed by atoms with Crippen molar-refractivity contribution in [1.82, 2.24) is 5.32 Å². The molecule has 0 atom stereocenters. The van der Waals surface area contributed by atoms with E-state index >= 15 is 0 Å². The van der Waals surface area contributed by atoms with Crippen LogP contribution >= 0.6 is 11.8 Å². The molecule has 0 aromatic heterocycles. The number of benzene rings is 2. The summed E-state index contributed by atoms with van der Waals surface area (Å²) in [6.07, 6.45) is 2.58. The molecule has 0 heterocycles. The fourth-order valence-corrected chi connectivity index (χ4v) is 3.36. The maximum atomic E-state index is 13.1. The van der Waals surface area contributed by atoms with Crippen LogP contribution in [-0.2, 0) is 5.54 Å². The van der Waals surface area contributed by atoms with Crippen molar-refractivity contribution in [2.24, 2.45) is 0 Å². The highest BCUT2D eigenvalue weighted by atomic mass is 32.2. The van der Waals surface area contributed by atoms with Crippen LogP contribution in [0, 0.1) is 5.82 Å². The molecule has 0 spiro atoms. The number of hydrogen-bond donors (Lipinski definition) is 1. The quantitative estimate of drug-likeness (QED) is 0.772. The Bertz CT molecular complexity index is 712. The van der Waals surface area contributed by atoms with Crippen LogP contribution in [0.1, 0.15) is 35.2 Å². The highest BCUT2D eigenvalue weighted by molar-refractivity contribution is 7.99. The Morgan fingerprint density at radius 3 is 2.17 bits per heavy atom. The molecule has 0 unspecified atom stereocenters. The predicted octanol–water partition coefficient (Wildman–Crippen LogP) is 4.95. The lowest BCUT2D eigenvalue weighted by atomic mass is 9.71. The van der Waals surface area contributed by atoms with E-state index in [1.54, 1.807) is 12.1 Å². The fraction of sp³-hybridized carbons (Fsp3) is 0.278. The molecule has 0 saturated heterocycles. The van der Waals surface area contributed by atoms with Crippen LogP contribution in [0.15, 0.2) is 53.4 Å².